The molecular formula is C17H20N2O3. The van der Waals surface area contributed by atoms with Crippen molar-refractivity contribution in [2.45, 2.75) is 26.3 Å². The van der Waals surface area contributed by atoms with Crippen LogP contribution in [0, 0.1) is 24.0 Å². The van der Waals surface area contributed by atoms with Gasteiger partial charge in [-0.2, -0.15) is 0 Å². The fourth-order valence-corrected chi connectivity index (χ4v) is 2.48. The molecule has 0 aromatic heterocycles. The number of non-ortho nitro benzene ring substituents is 1. The largest absolute Gasteiger partial charge is 0.497 e. The lowest BCUT2D eigenvalue weighted by atomic mass is 9.93. The molecule has 22 heavy (non-hydrogen) atoms. The number of benzene rings is 2. The molecule has 0 spiro atoms. The number of methoxy groups -OCH3 is 1. The van der Waals surface area contributed by atoms with E-state index >= 15 is 0 Å². The number of nitro groups is 1. The van der Waals surface area contributed by atoms with Crippen molar-refractivity contribution in [3.8, 4) is 5.75 Å². The molecule has 2 aromatic rings. The van der Waals surface area contributed by atoms with Gasteiger partial charge < -0.3 is 10.5 Å². The van der Waals surface area contributed by atoms with E-state index in [4.69, 9.17) is 10.5 Å². The molecule has 0 aliphatic rings. The van der Waals surface area contributed by atoms with E-state index in [1.165, 1.54) is 0 Å². The fourth-order valence-electron chi connectivity index (χ4n) is 2.48. The number of nitrogens with two attached hydrogens (primary N) is 1. The van der Waals surface area contributed by atoms with E-state index in [1.54, 1.807) is 19.2 Å². The highest BCUT2D eigenvalue weighted by Gasteiger charge is 2.17. The first-order chi connectivity index (χ1) is 10.4. The Labute approximate surface area is 129 Å². The van der Waals surface area contributed by atoms with E-state index in [-0.39, 0.29) is 16.7 Å². The van der Waals surface area contributed by atoms with Gasteiger partial charge in [0.15, 0.2) is 0 Å². The van der Waals surface area contributed by atoms with Crippen LogP contribution >= 0.6 is 0 Å². The highest BCUT2D eigenvalue weighted by atomic mass is 16.6. The number of ether oxygens (including phenoxy) is 1. The molecule has 116 valence electrons. The Morgan fingerprint density at radius 2 is 1.86 bits per heavy atom. The Hall–Kier alpha value is -2.40. The van der Waals surface area contributed by atoms with E-state index in [9.17, 15) is 10.1 Å². The molecule has 2 N–H and O–H groups in total. The maximum Gasteiger partial charge on any atom is 0.270 e. The highest BCUT2D eigenvalue weighted by molar-refractivity contribution is 5.46. The van der Waals surface area contributed by atoms with Crippen LogP contribution in [0.5, 0.6) is 5.75 Å². The zero-order valence-corrected chi connectivity index (χ0v) is 13.0. The van der Waals surface area contributed by atoms with Gasteiger partial charge in [-0.05, 0) is 54.7 Å². The fraction of sp³-hybridized carbons (Fsp3) is 0.294. The molecule has 2 aromatic carbocycles. The molecule has 5 heteroatoms. The Morgan fingerprint density at radius 3 is 2.41 bits per heavy atom. The van der Waals surface area contributed by atoms with Crippen molar-refractivity contribution >= 4 is 5.69 Å². The van der Waals surface area contributed by atoms with Gasteiger partial charge in [-0.15, -0.1) is 0 Å². The van der Waals surface area contributed by atoms with Crippen LogP contribution in [0.4, 0.5) is 5.69 Å². The second kappa shape index (κ2) is 6.58. The normalized spacial score (nSPS) is 12.0. The number of hydrogen-bond donors (Lipinski definition) is 1. The summed E-state index contributed by atoms with van der Waals surface area (Å²) < 4.78 is 5.13. The number of hydrogen-bond acceptors (Lipinski definition) is 4. The van der Waals surface area contributed by atoms with Crippen molar-refractivity contribution in [1.82, 2.24) is 0 Å². The summed E-state index contributed by atoms with van der Waals surface area (Å²) in [7, 11) is 1.62. The Kier molecular flexibility index (Phi) is 4.78. The first-order valence-corrected chi connectivity index (χ1v) is 7.06. The van der Waals surface area contributed by atoms with Crippen molar-refractivity contribution in [2.24, 2.45) is 5.73 Å². The first-order valence-electron chi connectivity index (χ1n) is 7.06. The summed E-state index contributed by atoms with van der Waals surface area (Å²) in [5.41, 5.74) is 10.1. The Balaban J connectivity index is 2.28. The monoisotopic (exact) mass is 300 g/mol. The summed E-state index contributed by atoms with van der Waals surface area (Å²) in [5.74, 6) is 0.791. The zero-order chi connectivity index (χ0) is 16.3. The van der Waals surface area contributed by atoms with Gasteiger partial charge in [0.25, 0.3) is 5.69 Å². The molecule has 0 radical (unpaired) electrons. The minimum Gasteiger partial charge on any atom is -0.497 e. The van der Waals surface area contributed by atoms with Gasteiger partial charge in [0.2, 0.25) is 0 Å². The van der Waals surface area contributed by atoms with Crippen LogP contribution in [0.15, 0.2) is 36.4 Å². The third-order valence-corrected chi connectivity index (χ3v) is 3.92. The lowest BCUT2D eigenvalue weighted by Gasteiger charge is -2.16. The third kappa shape index (κ3) is 3.43. The summed E-state index contributed by atoms with van der Waals surface area (Å²) in [5, 5.41) is 11.0. The van der Waals surface area contributed by atoms with Gasteiger partial charge in [0.1, 0.15) is 5.75 Å². The molecule has 0 saturated heterocycles. The minimum absolute atomic E-state index is 0.0864. The first kappa shape index (κ1) is 16.0. The molecule has 0 saturated carbocycles. The molecule has 0 amide bonds. The van der Waals surface area contributed by atoms with E-state index in [0.29, 0.717) is 6.42 Å². The summed E-state index contributed by atoms with van der Waals surface area (Å²) >= 11 is 0. The topological polar surface area (TPSA) is 78.4 Å². The van der Waals surface area contributed by atoms with Crippen LogP contribution in [0.3, 0.4) is 0 Å². The molecular weight excluding hydrogens is 280 g/mol. The Bertz CT molecular complexity index is 681. The van der Waals surface area contributed by atoms with Gasteiger partial charge >= 0.3 is 0 Å². The van der Waals surface area contributed by atoms with Crippen molar-refractivity contribution in [3.63, 3.8) is 0 Å². The summed E-state index contributed by atoms with van der Waals surface area (Å²) in [6.45, 7) is 3.81. The summed E-state index contributed by atoms with van der Waals surface area (Å²) in [6, 6.07) is 10.6. The van der Waals surface area contributed by atoms with Gasteiger partial charge in [0, 0.05) is 18.2 Å². The third-order valence-electron chi connectivity index (χ3n) is 3.92. The quantitative estimate of drug-likeness (QED) is 0.677. The van der Waals surface area contributed by atoms with Crippen molar-refractivity contribution in [1.29, 1.82) is 0 Å². The van der Waals surface area contributed by atoms with E-state index in [1.807, 2.05) is 38.1 Å². The lowest BCUT2D eigenvalue weighted by molar-refractivity contribution is -0.385. The smallest absolute Gasteiger partial charge is 0.270 e. The molecule has 1 atom stereocenters. The van der Waals surface area contributed by atoms with E-state index in [2.05, 4.69) is 0 Å². The molecule has 0 fully saturated rings. The maximum atomic E-state index is 11.0. The maximum absolute atomic E-state index is 11.0. The van der Waals surface area contributed by atoms with Gasteiger partial charge in [-0.25, -0.2) is 0 Å². The molecule has 0 aliphatic carbocycles. The molecule has 1 unspecified atom stereocenters. The second-order valence-electron chi connectivity index (χ2n) is 5.39. The van der Waals surface area contributed by atoms with Crippen LogP contribution in [-0.4, -0.2) is 12.0 Å². The summed E-state index contributed by atoms with van der Waals surface area (Å²) in [6.07, 6.45) is 0.617. The Morgan fingerprint density at radius 1 is 1.23 bits per heavy atom. The van der Waals surface area contributed by atoms with Crippen LogP contribution in [-0.2, 0) is 6.42 Å². The number of nitrogens with zero attached hydrogens (tertiary/aromatic N) is 1. The van der Waals surface area contributed by atoms with Gasteiger partial charge in [-0.3, -0.25) is 10.1 Å². The second-order valence-corrected chi connectivity index (χ2v) is 5.39. The van der Waals surface area contributed by atoms with Crippen molar-refractivity contribution < 1.29 is 9.66 Å². The predicted octanol–water partition coefficient (Wildman–Crippen LogP) is 3.46. The van der Waals surface area contributed by atoms with Gasteiger partial charge in [0.05, 0.1) is 12.0 Å². The zero-order valence-electron chi connectivity index (χ0n) is 13.0. The minimum atomic E-state index is -0.379. The van der Waals surface area contributed by atoms with Crippen LogP contribution in [0.25, 0.3) is 0 Å². The average Bonchev–Trinajstić information content (AvgIpc) is 2.50. The molecule has 0 heterocycles. The SMILES string of the molecule is COc1ccc(CC(N)c2cc([N+](=O)[O-])cc(C)c2C)cc1. The molecule has 5 nitrogen and oxygen atoms in total. The lowest BCUT2D eigenvalue weighted by Crippen LogP contribution is -2.15. The molecule has 0 bridgehead atoms. The van der Waals surface area contributed by atoms with Gasteiger partial charge in [-0.1, -0.05) is 12.1 Å². The predicted molar refractivity (Wildman–Crippen MR) is 86.2 cm³/mol. The molecule has 0 aliphatic heterocycles. The highest BCUT2D eigenvalue weighted by Crippen LogP contribution is 2.27. The number of aryl methyl sites for hydroxylation is 1. The van der Waals surface area contributed by atoms with Crippen LogP contribution < -0.4 is 10.5 Å². The standard InChI is InChI=1S/C17H20N2O3/c1-11-8-14(19(20)21)10-16(12(11)2)17(18)9-13-4-6-15(22-3)7-5-13/h4-8,10,17H,9,18H2,1-3H3. The van der Waals surface area contributed by atoms with Crippen molar-refractivity contribution in [2.75, 3.05) is 7.11 Å². The van der Waals surface area contributed by atoms with Crippen LogP contribution in [0.2, 0.25) is 0 Å². The number of nitro benzene ring substituents is 1. The number of rotatable bonds is 5. The summed E-state index contributed by atoms with van der Waals surface area (Å²) in [4.78, 5) is 10.6. The van der Waals surface area contributed by atoms with E-state index < -0.39 is 0 Å². The van der Waals surface area contributed by atoms with Crippen molar-refractivity contribution in [3.05, 3.63) is 68.8 Å². The average molecular weight is 300 g/mol. The van der Waals surface area contributed by atoms with Crippen LogP contribution in [0.1, 0.15) is 28.3 Å². The molecule has 2 rings (SSSR count). The van der Waals surface area contributed by atoms with E-state index in [0.717, 1.165) is 28.0 Å².